The molecule has 1 aromatic rings. The van der Waals surface area contributed by atoms with Gasteiger partial charge in [-0.25, -0.2) is 0 Å². The lowest BCUT2D eigenvalue weighted by Crippen LogP contribution is -2.58. The molecule has 150 valence electrons. The van der Waals surface area contributed by atoms with E-state index in [4.69, 9.17) is 12.2 Å². The molecule has 3 saturated heterocycles. The topological polar surface area (TPSA) is 33.8 Å². The molecular formula is C21H35N5S. The summed E-state index contributed by atoms with van der Waals surface area (Å²) in [5, 5.41) is 7.44. The van der Waals surface area contributed by atoms with Gasteiger partial charge in [0, 0.05) is 44.5 Å². The molecule has 3 aliphatic rings. The number of rotatable bonds is 8. The molecule has 4 rings (SSSR count). The van der Waals surface area contributed by atoms with Crippen molar-refractivity contribution >= 4 is 23.0 Å². The number of thiocarbonyl (C=S) groups is 1. The van der Waals surface area contributed by atoms with Crippen LogP contribution >= 0.6 is 12.2 Å². The fourth-order valence-corrected chi connectivity index (χ4v) is 4.64. The summed E-state index contributed by atoms with van der Waals surface area (Å²) in [5.74, 6) is 1.68. The van der Waals surface area contributed by atoms with Crippen LogP contribution in [0.2, 0.25) is 0 Å². The first-order valence-corrected chi connectivity index (χ1v) is 10.6. The van der Waals surface area contributed by atoms with Gasteiger partial charge in [-0.05, 0) is 76.7 Å². The van der Waals surface area contributed by atoms with E-state index in [1.807, 2.05) is 30.3 Å². The normalized spacial score (nSPS) is 27.1. The van der Waals surface area contributed by atoms with Gasteiger partial charge in [0.15, 0.2) is 5.11 Å². The average Bonchev–Trinajstić information content (AvgIpc) is 2.66. The van der Waals surface area contributed by atoms with Gasteiger partial charge >= 0.3 is 0 Å². The minimum atomic E-state index is 0.614. The van der Waals surface area contributed by atoms with Crippen LogP contribution in [0.3, 0.4) is 0 Å². The van der Waals surface area contributed by atoms with Crippen LogP contribution in [0, 0.1) is 11.8 Å². The molecule has 0 saturated carbocycles. The fourth-order valence-electron chi connectivity index (χ4n) is 4.44. The molecule has 0 amide bonds. The molecule has 2 bridgehead atoms. The van der Waals surface area contributed by atoms with Gasteiger partial charge in [-0.1, -0.05) is 18.2 Å². The van der Waals surface area contributed by atoms with Crippen molar-refractivity contribution in [3.8, 4) is 0 Å². The van der Waals surface area contributed by atoms with Crippen LogP contribution in [0.25, 0.3) is 0 Å². The first kappa shape index (κ1) is 20.5. The molecule has 0 aliphatic carbocycles. The highest BCUT2D eigenvalue weighted by Gasteiger charge is 2.40. The minimum Gasteiger partial charge on any atom is -0.361 e. The lowest BCUT2D eigenvalue weighted by atomic mass is 9.75. The number of para-hydroxylation sites is 1. The predicted octanol–water partition coefficient (Wildman–Crippen LogP) is 2.18. The molecule has 3 aliphatic heterocycles. The highest BCUT2D eigenvalue weighted by atomic mass is 32.1. The highest BCUT2D eigenvalue weighted by Crippen LogP contribution is 2.36. The first-order valence-electron chi connectivity index (χ1n) is 10.2. The molecule has 27 heavy (non-hydrogen) atoms. The summed E-state index contributed by atoms with van der Waals surface area (Å²) in [6.07, 6.45) is 2.66. The van der Waals surface area contributed by atoms with E-state index in [-0.39, 0.29) is 0 Å². The summed E-state index contributed by atoms with van der Waals surface area (Å²) < 4.78 is 0. The molecule has 5 nitrogen and oxygen atoms in total. The Morgan fingerprint density at radius 2 is 1.96 bits per heavy atom. The Morgan fingerprint density at radius 3 is 2.63 bits per heavy atom. The van der Waals surface area contributed by atoms with Crippen LogP contribution in [0.1, 0.15) is 12.8 Å². The van der Waals surface area contributed by atoms with Gasteiger partial charge in [-0.15, -0.1) is 0 Å². The molecule has 0 spiro atoms. The second-order valence-electron chi connectivity index (χ2n) is 8.46. The van der Waals surface area contributed by atoms with E-state index in [0.29, 0.717) is 6.04 Å². The van der Waals surface area contributed by atoms with Crippen molar-refractivity contribution in [1.82, 2.24) is 20.0 Å². The maximum Gasteiger partial charge on any atom is 0.170 e. The van der Waals surface area contributed by atoms with Crippen molar-refractivity contribution in [3.05, 3.63) is 30.3 Å². The quantitative estimate of drug-likeness (QED) is 0.664. The third kappa shape index (κ3) is 6.14. The minimum absolute atomic E-state index is 0.614. The van der Waals surface area contributed by atoms with Gasteiger partial charge in [0.05, 0.1) is 0 Å². The highest BCUT2D eigenvalue weighted by molar-refractivity contribution is 7.80. The Bertz CT molecular complexity index is 593. The standard InChI is InChI=1S/C21H35N5S/c1-24(2)11-12-25(3)15-18-16-26-10-9-17(18)13-20(26)14-22-21(27)23-19-7-5-4-6-8-19/h4-8,17-18,20H,9-16H2,1-3H3,(H2,22,23,27)/t17-,18+,20+/m0/s1. The number of piperidine rings is 3. The molecule has 1 unspecified atom stereocenters. The Kier molecular flexibility index (Phi) is 7.47. The third-order valence-corrected chi connectivity index (χ3v) is 6.27. The SMILES string of the molecule is CN(C)CCN(C)C[C@@H]1CN2CC[C@H]1C[C@@H]2CNC(=S)Nc1ccccc1. The van der Waals surface area contributed by atoms with Crippen LogP contribution in [0.5, 0.6) is 0 Å². The van der Waals surface area contributed by atoms with Crippen LogP contribution in [-0.4, -0.2) is 86.3 Å². The van der Waals surface area contributed by atoms with E-state index >= 15 is 0 Å². The second-order valence-corrected chi connectivity index (χ2v) is 8.87. The van der Waals surface area contributed by atoms with E-state index in [1.54, 1.807) is 0 Å². The van der Waals surface area contributed by atoms with Crippen LogP contribution in [-0.2, 0) is 0 Å². The Balaban J connectivity index is 1.41. The van der Waals surface area contributed by atoms with E-state index in [0.717, 1.165) is 42.3 Å². The van der Waals surface area contributed by atoms with Crippen molar-refractivity contribution in [1.29, 1.82) is 0 Å². The summed E-state index contributed by atoms with van der Waals surface area (Å²) in [5.41, 5.74) is 1.04. The first-order chi connectivity index (χ1) is 13.0. The largest absolute Gasteiger partial charge is 0.361 e. The maximum atomic E-state index is 5.47. The van der Waals surface area contributed by atoms with Gasteiger partial charge in [-0.3, -0.25) is 4.90 Å². The van der Waals surface area contributed by atoms with Crippen molar-refractivity contribution < 1.29 is 0 Å². The van der Waals surface area contributed by atoms with Crippen molar-refractivity contribution in [2.45, 2.75) is 18.9 Å². The van der Waals surface area contributed by atoms with E-state index in [1.165, 1.54) is 32.5 Å². The molecule has 6 heteroatoms. The summed E-state index contributed by atoms with van der Waals surface area (Å²) in [6, 6.07) is 10.7. The monoisotopic (exact) mass is 389 g/mol. The van der Waals surface area contributed by atoms with Gasteiger partial charge in [-0.2, -0.15) is 0 Å². The molecule has 3 fully saturated rings. The third-order valence-electron chi connectivity index (χ3n) is 6.02. The summed E-state index contributed by atoms with van der Waals surface area (Å²) >= 11 is 5.47. The van der Waals surface area contributed by atoms with Crippen LogP contribution < -0.4 is 10.6 Å². The van der Waals surface area contributed by atoms with E-state index in [9.17, 15) is 0 Å². The Hall–Kier alpha value is -1.21. The number of hydrogen-bond acceptors (Lipinski definition) is 4. The van der Waals surface area contributed by atoms with Gasteiger partial charge in [0.2, 0.25) is 0 Å². The van der Waals surface area contributed by atoms with Crippen molar-refractivity contribution in [3.63, 3.8) is 0 Å². The average molecular weight is 390 g/mol. The van der Waals surface area contributed by atoms with Crippen molar-refractivity contribution in [2.24, 2.45) is 11.8 Å². The maximum absolute atomic E-state index is 5.47. The second kappa shape index (κ2) is 9.82. The van der Waals surface area contributed by atoms with Crippen molar-refractivity contribution in [2.75, 3.05) is 65.7 Å². The molecule has 3 heterocycles. The molecule has 2 N–H and O–H groups in total. The zero-order valence-corrected chi connectivity index (χ0v) is 17.8. The van der Waals surface area contributed by atoms with Crippen LogP contribution in [0.15, 0.2) is 30.3 Å². The lowest BCUT2D eigenvalue weighted by molar-refractivity contribution is -0.00805. The van der Waals surface area contributed by atoms with Gasteiger partial charge in [0.1, 0.15) is 0 Å². The Morgan fingerprint density at radius 1 is 1.19 bits per heavy atom. The number of benzene rings is 1. The number of nitrogens with one attached hydrogen (secondary N) is 2. The lowest BCUT2D eigenvalue weighted by Gasteiger charge is -2.50. The summed E-state index contributed by atoms with van der Waals surface area (Å²) in [6.45, 7) is 6.94. The molecule has 4 atom stereocenters. The molecule has 1 aromatic carbocycles. The zero-order valence-electron chi connectivity index (χ0n) is 17.0. The van der Waals surface area contributed by atoms with Gasteiger partial charge < -0.3 is 20.4 Å². The number of anilines is 1. The van der Waals surface area contributed by atoms with Crippen LogP contribution in [0.4, 0.5) is 5.69 Å². The predicted molar refractivity (Wildman–Crippen MR) is 118 cm³/mol. The smallest absolute Gasteiger partial charge is 0.170 e. The zero-order chi connectivity index (χ0) is 19.2. The number of nitrogens with zero attached hydrogens (tertiary/aromatic N) is 3. The van der Waals surface area contributed by atoms with E-state index in [2.05, 4.69) is 46.5 Å². The number of likely N-dealkylation sites (N-methyl/N-ethyl adjacent to an activating group) is 2. The fraction of sp³-hybridized carbons (Fsp3) is 0.667. The van der Waals surface area contributed by atoms with E-state index < -0.39 is 0 Å². The number of hydrogen-bond donors (Lipinski definition) is 2. The molecule has 0 radical (unpaired) electrons. The number of fused-ring (bicyclic) bond motifs is 3. The summed E-state index contributed by atoms with van der Waals surface area (Å²) in [7, 11) is 6.57. The Labute approximate surface area is 170 Å². The molecular weight excluding hydrogens is 354 g/mol. The molecule has 0 aromatic heterocycles. The summed E-state index contributed by atoms with van der Waals surface area (Å²) in [4.78, 5) is 7.46. The van der Waals surface area contributed by atoms with Gasteiger partial charge in [0.25, 0.3) is 0 Å².